The molecule has 0 atom stereocenters. The van der Waals surface area contributed by atoms with Crippen LogP contribution in [0.3, 0.4) is 0 Å². The quantitative estimate of drug-likeness (QED) is 0.698. The van der Waals surface area contributed by atoms with E-state index in [0.717, 1.165) is 12.1 Å². The van der Waals surface area contributed by atoms with E-state index in [-0.39, 0.29) is 24.2 Å². The average molecular weight is 371 g/mol. The fraction of sp³-hybridized carbons (Fsp3) is 0.421. The Morgan fingerprint density at radius 1 is 1.15 bits per heavy atom. The largest absolute Gasteiger partial charge is 0.461 e. The van der Waals surface area contributed by atoms with E-state index in [4.69, 9.17) is 15.2 Å². The number of amides is 1. The Balaban J connectivity index is 1.78. The van der Waals surface area contributed by atoms with Crippen molar-refractivity contribution in [3.63, 3.8) is 0 Å². The van der Waals surface area contributed by atoms with Gasteiger partial charge in [0.2, 0.25) is 5.91 Å². The topological polar surface area (TPSA) is 93.8 Å². The Morgan fingerprint density at radius 3 is 2.52 bits per heavy atom. The van der Waals surface area contributed by atoms with Gasteiger partial charge in [-0.15, -0.1) is 0 Å². The Morgan fingerprint density at radius 2 is 1.85 bits per heavy atom. The molecule has 2 heterocycles. The number of anilines is 2. The van der Waals surface area contributed by atoms with Crippen LogP contribution in [0, 0.1) is 0 Å². The molecule has 0 fully saturated rings. The number of carbonyl (C=O) groups is 1. The molecule has 0 aliphatic carbocycles. The molecule has 0 saturated carbocycles. The van der Waals surface area contributed by atoms with Gasteiger partial charge < -0.3 is 20.1 Å². The maximum Gasteiger partial charge on any atom is 0.320 e. The number of benzene rings is 1. The summed E-state index contributed by atoms with van der Waals surface area (Å²) in [6.07, 6.45) is 0.207. The van der Waals surface area contributed by atoms with Crippen molar-refractivity contribution in [2.75, 3.05) is 45.1 Å². The zero-order chi connectivity index (χ0) is 19.4. The molecule has 1 aliphatic rings. The number of aromatic nitrogens is 2. The molecule has 144 valence electrons. The summed E-state index contributed by atoms with van der Waals surface area (Å²) in [5.41, 5.74) is 8.92. The lowest BCUT2D eigenvalue weighted by atomic mass is 10.1. The predicted octanol–water partition coefficient (Wildman–Crippen LogP) is 1.23. The van der Waals surface area contributed by atoms with Crippen molar-refractivity contribution < 1.29 is 14.3 Å². The lowest BCUT2D eigenvalue weighted by Crippen LogP contribution is -2.26. The zero-order valence-electron chi connectivity index (χ0n) is 15.9. The van der Waals surface area contributed by atoms with E-state index >= 15 is 0 Å². The van der Waals surface area contributed by atoms with Crippen LogP contribution < -0.4 is 15.4 Å². The fourth-order valence-electron chi connectivity index (χ4n) is 2.97. The minimum atomic E-state index is -0.0441. The SMILES string of the molecule is COCCOc1nc(N)c2c(n1)N(Cc1ccc(CN(C)C)cc1)C(=O)C2. The highest BCUT2D eigenvalue weighted by Gasteiger charge is 2.32. The number of methoxy groups -OCH3 is 1. The Labute approximate surface area is 158 Å². The lowest BCUT2D eigenvalue weighted by molar-refractivity contribution is -0.117. The first-order valence-electron chi connectivity index (χ1n) is 8.79. The van der Waals surface area contributed by atoms with Crippen molar-refractivity contribution >= 4 is 17.5 Å². The van der Waals surface area contributed by atoms with Crippen LogP contribution >= 0.6 is 0 Å². The van der Waals surface area contributed by atoms with Crippen LogP contribution in [0.1, 0.15) is 16.7 Å². The van der Waals surface area contributed by atoms with Gasteiger partial charge in [0, 0.05) is 19.2 Å². The second kappa shape index (κ2) is 8.32. The summed E-state index contributed by atoms with van der Waals surface area (Å²) in [4.78, 5) is 24.8. The van der Waals surface area contributed by atoms with Gasteiger partial charge in [-0.05, 0) is 25.2 Å². The van der Waals surface area contributed by atoms with Gasteiger partial charge in [-0.3, -0.25) is 9.69 Å². The molecule has 27 heavy (non-hydrogen) atoms. The number of fused-ring (bicyclic) bond motifs is 1. The molecular weight excluding hydrogens is 346 g/mol. The maximum absolute atomic E-state index is 12.5. The maximum atomic E-state index is 12.5. The molecule has 1 aromatic carbocycles. The monoisotopic (exact) mass is 371 g/mol. The van der Waals surface area contributed by atoms with E-state index in [2.05, 4.69) is 27.0 Å². The summed E-state index contributed by atoms with van der Waals surface area (Å²) in [7, 11) is 5.65. The smallest absolute Gasteiger partial charge is 0.320 e. The van der Waals surface area contributed by atoms with Gasteiger partial charge in [-0.2, -0.15) is 9.97 Å². The summed E-state index contributed by atoms with van der Waals surface area (Å²) < 4.78 is 10.4. The normalized spacial score (nSPS) is 13.3. The number of hydrogen-bond donors (Lipinski definition) is 1. The van der Waals surface area contributed by atoms with Crippen molar-refractivity contribution in [3.8, 4) is 6.01 Å². The van der Waals surface area contributed by atoms with Gasteiger partial charge in [0.15, 0.2) is 0 Å². The van der Waals surface area contributed by atoms with Crippen LogP contribution in [-0.2, 0) is 29.0 Å². The Hall–Kier alpha value is -2.71. The second-order valence-corrected chi connectivity index (χ2v) is 6.75. The molecule has 1 aromatic heterocycles. The third-order valence-corrected chi connectivity index (χ3v) is 4.26. The Kier molecular flexibility index (Phi) is 5.88. The molecule has 0 spiro atoms. The third-order valence-electron chi connectivity index (χ3n) is 4.26. The van der Waals surface area contributed by atoms with Crippen LogP contribution in [0.4, 0.5) is 11.6 Å². The van der Waals surface area contributed by atoms with Crippen molar-refractivity contribution in [1.29, 1.82) is 0 Å². The van der Waals surface area contributed by atoms with Crippen LogP contribution in [0.5, 0.6) is 6.01 Å². The molecule has 0 bridgehead atoms. The first-order chi connectivity index (χ1) is 13.0. The third kappa shape index (κ3) is 4.53. The molecule has 2 aromatic rings. The summed E-state index contributed by atoms with van der Waals surface area (Å²) in [5.74, 6) is 0.763. The number of nitrogen functional groups attached to an aromatic ring is 1. The molecule has 8 nitrogen and oxygen atoms in total. The van der Waals surface area contributed by atoms with Gasteiger partial charge in [-0.1, -0.05) is 24.3 Å². The molecule has 1 aliphatic heterocycles. The highest BCUT2D eigenvalue weighted by atomic mass is 16.5. The van der Waals surface area contributed by atoms with Gasteiger partial charge >= 0.3 is 6.01 Å². The van der Waals surface area contributed by atoms with Gasteiger partial charge in [0.1, 0.15) is 18.2 Å². The number of carbonyl (C=O) groups excluding carboxylic acids is 1. The van der Waals surface area contributed by atoms with Crippen molar-refractivity contribution in [2.24, 2.45) is 0 Å². The van der Waals surface area contributed by atoms with Crippen LogP contribution in [0.25, 0.3) is 0 Å². The van der Waals surface area contributed by atoms with Crippen molar-refractivity contribution in [2.45, 2.75) is 19.5 Å². The fourth-order valence-corrected chi connectivity index (χ4v) is 2.97. The van der Waals surface area contributed by atoms with Gasteiger partial charge in [0.05, 0.1) is 19.6 Å². The van der Waals surface area contributed by atoms with Crippen LogP contribution in [-0.4, -0.2) is 55.2 Å². The van der Waals surface area contributed by atoms with E-state index in [1.54, 1.807) is 12.0 Å². The summed E-state index contributed by atoms with van der Waals surface area (Å²) in [6.45, 7) is 2.04. The van der Waals surface area contributed by atoms with Gasteiger partial charge in [0.25, 0.3) is 0 Å². The van der Waals surface area contributed by atoms with Crippen molar-refractivity contribution in [3.05, 3.63) is 41.0 Å². The van der Waals surface area contributed by atoms with E-state index in [9.17, 15) is 4.79 Å². The zero-order valence-corrected chi connectivity index (χ0v) is 15.9. The minimum Gasteiger partial charge on any atom is -0.461 e. The molecule has 0 saturated heterocycles. The summed E-state index contributed by atoms with van der Waals surface area (Å²) >= 11 is 0. The summed E-state index contributed by atoms with van der Waals surface area (Å²) in [6, 6.07) is 8.37. The number of rotatable bonds is 8. The molecule has 0 radical (unpaired) electrons. The van der Waals surface area contributed by atoms with Gasteiger partial charge in [-0.25, -0.2) is 0 Å². The molecule has 0 unspecified atom stereocenters. The average Bonchev–Trinajstić information content (AvgIpc) is 2.93. The van der Waals surface area contributed by atoms with Crippen LogP contribution in [0.2, 0.25) is 0 Å². The highest BCUT2D eigenvalue weighted by molar-refractivity contribution is 6.01. The second-order valence-electron chi connectivity index (χ2n) is 6.75. The minimum absolute atomic E-state index is 0.0441. The molecule has 2 N–H and O–H groups in total. The van der Waals surface area contributed by atoms with E-state index < -0.39 is 0 Å². The molecule has 3 rings (SSSR count). The first-order valence-corrected chi connectivity index (χ1v) is 8.79. The number of nitrogens with zero attached hydrogens (tertiary/aromatic N) is 4. The van der Waals surface area contributed by atoms with Crippen molar-refractivity contribution in [1.82, 2.24) is 14.9 Å². The molecule has 8 heteroatoms. The first kappa shape index (κ1) is 19.1. The lowest BCUT2D eigenvalue weighted by Gasteiger charge is -2.18. The van der Waals surface area contributed by atoms with E-state index in [0.29, 0.717) is 31.1 Å². The highest BCUT2D eigenvalue weighted by Crippen LogP contribution is 2.33. The van der Waals surface area contributed by atoms with Crippen LogP contribution in [0.15, 0.2) is 24.3 Å². The predicted molar refractivity (Wildman–Crippen MR) is 103 cm³/mol. The number of hydrogen-bond acceptors (Lipinski definition) is 7. The van der Waals surface area contributed by atoms with E-state index in [1.807, 2.05) is 26.2 Å². The number of nitrogens with two attached hydrogens (primary N) is 1. The molecular formula is C19H25N5O3. The summed E-state index contributed by atoms with van der Waals surface area (Å²) in [5, 5.41) is 0. The Bertz CT molecular complexity index is 808. The number of ether oxygens (including phenoxy) is 2. The standard InChI is InChI=1S/C19H25N5O3/c1-23(2)11-13-4-6-14(7-5-13)12-24-16(25)10-15-17(20)21-19(22-18(15)24)27-9-8-26-3/h4-7H,8-12H2,1-3H3,(H2,20,21,22). The molecule has 1 amide bonds. The van der Waals surface area contributed by atoms with E-state index in [1.165, 1.54) is 5.56 Å².